The summed E-state index contributed by atoms with van der Waals surface area (Å²) in [6.45, 7) is 6.37. The number of aryl methyl sites for hydroxylation is 1. The van der Waals surface area contributed by atoms with E-state index in [9.17, 15) is 0 Å². The van der Waals surface area contributed by atoms with Crippen molar-refractivity contribution in [2.75, 3.05) is 19.8 Å². The molecule has 0 fully saturated rings. The van der Waals surface area contributed by atoms with Crippen molar-refractivity contribution in [2.45, 2.75) is 26.3 Å². The van der Waals surface area contributed by atoms with Gasteiger partial charge in [0.15, 0.2) is 11.5 Å². The fourth-order valence-corrected chi connectivity index (χ4v) is 2.57. The highest BCUT2D eigenvalue weighted by Crippen LogP contribution is 2.35. The SMILES string of the molecule is CCCNC(c1ccc2c(c1)OCCO2)c1occc1C. The average molecular weight is 287 g/mol. The maximum atomic E-state index is 5.69. The summed E-state index contributed by atoms with van der Waals surface area (Å²) in [4.78, 5) is 0. The van der Waals surface area contributed by atoms with Crippen LogP contribution in [0.4, 0.5) is 0 Å². The molecule has 2 heterocycles. The maximum absolute atomic E-state index is 5.69. The molecule has 2 aromatic rings. The molecule has 1 aliphatic heterocycles. The fourth-order valence-electron chi connectivity index (χ4n) is 2.57. The highest BCUT2D eigenvalue weighted by Gasteiger charge is 2.21. The average Bonchev–Trinajstić information content (AvgIpc) is 2.94. The van der Waals surface area contributed by atoms with Crippen molar-refractivity contribution in [3.63, 3.8) is 0 Å². The Kier molecular flexibility index (Phi) is 4.15. The minimum Gasteiger partial charge on any atom is -0.486 e. The standard InChI is InChI=1S/C17H21NO3/c1-3-7-18-16(17-12(2)6-8-21-17)13-4-5-14-15(11-13)20-10-9-19-14/h4-6,8,11,16,18H,3,7,9-10H2,1-2H3. The second-order valence-corrected chi connectivity index (χ2v) is 5.26. The van der Waals surface area contributed by atoms with Gasteiger partial charge in [-0.15, -0.1) is 0 Å². The van der Waals surface area contributed by atoms with Crippen LogP contribution in [0.1, 0.15) is 36.3 Å². The van der Waals surface area contributed by atoms with Crippen molar-refractivity contribution in [2.24, 2.45) is 0 Å². The number of ether oxygens (including phenoxy) is 2. The smallest absolute Gasteiger partial charge is 0.161 e. The third-order valence-electron chi connectivity index (χ3n) is 3.66. The molecule has 1 aliphatic rings. The van der Waals surface area contributed by atoms with Gasteiger partial charge in [0.05, 0.1) is 12.3 Å². The minimum absolute atomic E-state index is 0.0378. The number of benzene rings is 1. The van der Waals surface area contributed by atoms with E-state index in [1.54, 1.807) is 6.26 Å². The predicted molar refractivity (Wildman–Crippen MR) is 81.0 cm³/mol. The van der Waals surface area contributed by atoms with Crippen LogP contribution in [0.3, 0.4) is 0 Å². The number of nitrogens with one attached hydrogen (secondary N) is 1. The molecule has 0 radical (unpaired) electrons. The van der Waals surface area contributed by atoms with Crippen LogP contribution in [0.15, 0.2) is 34.9 Å². The molecule has 1 aromatic carbocycles. The minimum atomic E-state index is 0.0378. The summed E-state index contributed by atoms with van der Waals surface area (Å²) in [7, 11) is 0. The fraction of sp³-hybridized carbons (Fsp3) is 0.412. The zero-order valence-electron chi connectivity index (χ0n) is 12.5. The van der Waals surface area contributed by atoms with Crippen molar-refractivity contribution < 1.29 is 13.9 Å². The van der Waals surface area contributed by atoms with Gasteiger partial charge in [-0.2, -0.15) is 0 Å². The van der Waals surface area contributed by atoms with Crippen LogP contribution in [0, 0.1) is 6.92 Å². The molecule has 112 valence electrons. The number of hydrogen-bond acceptors (Lipinski definition) is 4. The van der Waals surface area contributed by atoms with E-state index < -0.39 is 0 Å². The van der Waals surface area contributed by atoms with E-state index >= 15 is 0 Å². The quantitative estimate of drug-likeness (QED) is 0.914. The highest BCUT2D eigenvalue weighted by molar-refractivity contribution is 5.46. The Bertz CT molecular complexity index is 606. The Morgan fingerprint density at radius 1 is 1.14 bits per heavy atom. The number of hydrogen-bond donors (Lipinski definition) is 1. The summed E-state index contributed by atoms with van der Waals surface area (Å²) < 4.78 is 17.0. The maximum Gasteiger partial charge on any atom is 0.161 e. The van der Waals surface area contributed by atoms with Gasteiger partial charge < -0.3 is 19.2 Å². The summed E-state index contributed by atoms with van der Waals surface area (Å²) >= 11 is 0. The molecule has 0 amide bonds. The van der Waals surface area contributed by atoms with Gasteiger partial charge in [0, 0.05) is 0 Å². The molecule has 3 rings (SSSR count). The molecule has 0 saturated heterocycles. The van der Waals surface area contributed by atoms with Crippen LogP contribution >= 0.6 is 0 Å². The van der Waals surface area contributed by atoms with Crippen LogP contribution in [0.5, 0.6) is 11.5 Å². The lowest BCUT2D eigenvalue weighted by molar-refractivity contribution is 0.171. The monoisotopic (exact) mass is 287 g/mol. The third kappa shape index (κ3) is 2.90. The van der Waals surface area contributed by atoms with E-state index in [0.29, 0.717) is 13.2 Å². The van der Waals surface area contributed by atoms with Gasteiger partial charge >= 0.3 is 0 Å². The lowest BCUT2D eigenvalue weighted by Crippen LogP contribution is -2.24. The van der Waals surface area contributed by atoms with Gasteiger partial charge in [-0.25, -0.2) is 0 Å². The van der Waals surface area contributed by atoms with E-state index in [0.717, 1.165) is 41.4 Å². The first-order chi connectivity index (χ1) is 10.3. The zero-order valence-corrected chi connectivity index (χ0v) is 12.5. The summed E-state index contributed by atoms with van der Waals surface area (Å²) in [5.41, 5.74) is 2.28. The first-order valence-electron chi connectivity index (χ1n) is 7.46. The predicted octanol–water partition coefficient (Wildman–Crippen LogP) is 3.45. The second-order valence-electron chi connectivity index (χ2n) is 5.26. The summed E-state index contributed by atoms with van der Waals surface area (Å²) in [5.74, 6) is 2.58. The Labute approximate surface area is 125 Å². The molecule has 1 unspecified atom stereocenters. The first-order valence-corrected chi connectivity index (χ1v) is 7.46. The normalized spacial score (nSPS) is 15.0. The Morgan fingerprint density at radius 3 is 2.67 bits per heavy atom. The van der Waals surface area contributed by atoms with Gasteiger partial charge in [0.2, 0.25) is 0 Å². The molecule has 0 aliphatic carbocycles. The summed E-state index contributed by atoms with van der Waals surface area (Å²) in [5, 5.41) is 3.55. The molecule has 0 spiro atoms. The molecule has 1 N–H and O–H groups in total. The zero-order chi connectivity index (χ0) is 14.7. The molecule has 1 aromatic heterocycles. The number of rotatable bonds is 5. The molecule has 21 heavy (non-hydrogen) atoms. The van der Waals surface area contributed by atoms with Crippen molar-refractivity contribution >= 4 is 0 Å². The van der Waals surface area contributed by atoms with E-state index in [4.69, 9.17) is 13.9 Å². The van der Waals surface area contributed by atoms with Crippen LogP contribution in [-0.2, 0) is 0 Å². The van der Waals surface area contributed by atoms with Gasteiger partial charge in [-0.1, -0.05) is 13.0 Å². The van der Waals surface area contributed by atoms with Crippen molar-refractivity contribution in [1.82, 2.24) is 5.32 Å². The van der Waals surface area contributed by atoms with Crippen LogP contribution in [0.25, 0.3) is 0 Å². The van der Waals surface area contributed by atoms with E-state index in [-0.39, 0.29) is 6.04 Å². The van der Waals surface area contributed by atoms with Gasteiger partial charge in [-0.3, -0.25) is 0 Å². The van der Waals surface area contributed by atoms with Crippen LogP contribution < -0.4 is 14.8 Å². The highest BCUT2D eigenvalue weighted by atomic mass is 16.6. The van der Waals surface area contributed by atoms with Crippen LogP contribution in [0.2, 0.25) is 0 Å². The van der Waals surface area contributed by atoms with E-state index in [1.165, 1.54) is 0 Å². The molecule has 4 nitrogen and oxygen atoms in total. The molecular weight excluding hydrogens is 266 g/mol. The summed E-state index contributed by atoms with van der Waals surface area (Å²) in [6.07, 6.45) is 2.81. The number of furan rings is 1. The molecule has 0 saturated carbocycles. The van der Waals surface area contributed by atoms with Gasteiger partial charge in [0.25, 0.3) is 0 Å². The molecule has 1 atom stereocenters. The lowest BCUT2D eigenvalue weighted by Gasteiger charge is -2.22. The first kappa shape index (κ1) is 14.0. The largest absolute Gasteiger partial charge is 0.486 e. The van der Waals surface area contributed by atoms with Crippen molar-refractivity contribution in [1.29, 1.82) is 0 Å². The molecule has 4 heteroatoms. The van der Waals surface area contributed by atoms with Crippen molar-refractivity contribution in [3.8, 4) is 11.5 Å². The van der Waals surface area contributed by atoms with E-state index in [2.05, 4.69) is 25.2 Å². The second kappa shape index (κ2) is 6.22. The Morgan fingerprint density at radius 2 is 1.95 bits per heavy atom. The topological polar surface area (TPSA) is 43.6 Å². The third-order valence-corrected chi connectivity index (χ3v) is 3.66. The van der Waals surface area contributed by atoms with Gasteiger partial charge in [0.1, 0.15) is 19.0 Å². The molecule has 0 bridgehead atoms. The van der Waals surface area contributed by atoms with Crippen molar-refractivity contribution in [3.05, 3.63) is 47.4 Å². The van der Waals surface area contributed by atoms with Crippen LogP contribution in [-0.4, -0.2) is 19.8 Å². The summed E-state index contributed by atoms with van der Waals surface area (Å²) in [6, 6.07) is 8.12. The molecular formula is C17H21NO3. The Balaban J connectivity index is 1.94. The Hall–Kier alpha value is -1.94. The number of fused-ring (bicyclic) bond motifs is 1. The lowest BCUT2D eigenvalue weighted by atomic mass is 10.0. The van der Waals surface area contributed by atoms with E-state index in [1.807, 2.05) is 18.2 Å². The van der Waals surface area contributed by atoms with Gasteiger partial charge in [-0.05, 0) is 49.2 Å².